The lowest BCUT2D eigenvalue weighted by atomic mass is 9.98. The first-order valence-electron chi connectivity index (χ1n) is 22.2. The van der Waals surface area contributed by atoms with E-state index in [0.717, 1.165) is 77.0 Å². The van der Waals surface area contributed by atoms with Gasteiger partial charge in [0, 0.05) is 13.0 Å². The van der Waals surface area contributed by atoms with E-state index in [9.17, 15) is 40.5 Å². The molecular formula is C47H76O14. The molecule has 0 aromatic heterocycles. The van der Waals surface area contributed by atoms with Gasteiger partial charge >= 0.3 is 5.97 Å². The van der Waals surface area contributed by atoms with Gasteiger partial charge in [0.1, 0.15) is 54.9 Å². The van der Waals surface area contributed by atoms with Crippen LogP contribution in [0.3, 0.4) is 0 Å². The second kappa shape index (κ2) is 34.6. The molecule has 61 heavy (non-hydrogen) atoms. The molecule has 2 aliphatic heterocycles. The number of esters is 1. The van der Waals surface area contributed by atoms with Gasteiger partial charge in [-0.05, 0) is 77.0 Å². The van der Waals surface area contributed by atoms with Crippen LogP contribution in [-0.4, -0.2) is 142 Å². The lowest BCUT2D eigenvalue weighted by Gasteiger charge is -2.42. The van der Waals surface area contributed by atoms with E-state index in [-0.39, 0.29) is 19.6 Å². The van der Waals surface area contributed by atoms with Crippen molar-refractivity contribution in [2.75, 3.05) is 33.0 Å². The zero-order chi connectivity index (χ0) is 44.5. The highest BCUT2D eigenvalue weighted by Gasteiger charge is 2.47. The summed E-state index contributed by atoms with van der Waals surface area (Å²) >= 11 is 0. The van der Waals surface area contributed by atoms with Gasteiger partial charge in [-0.3, -0.25) is 4.79 Å². The molecule has 0 saturated carbocycles. The predicted octanol–water partition coefficient (Wildman–Crippen LogP) is 4.95. The van der Waals surface area contributed by atoms with Crippen LogP contribution >= 0.6 is 0 Å². The van der Waals surface area contributed by atoms with Gasteiger partial charge in [0.15, 0.2) is 12.6 Å². The number of ether oxygens (including phenoxy) is 6. The summed E-state index contributed by atoms with van der Waals surface area (Å²) in [6.07, 6.45) is 25.3. The highest BCUT2D eigenvalue weighted by atomic mass is 16.7. The average molecular weight is 865 g/mol. The summed E-state index contributed by atoms with van der Waals surface area (Å²) in [6.45, 7) is 3.21. The van der Waals surface area contributed by atoms with Gasteiger partial charge in [0.2, 0.25) is 0 Å². The molecule has 14 nitrogen and oxygen atoms in total. The SMILES string of the molecule is CC/C=C\C/C=C\C/C=C\C/C=C\CCCOCC(COC1OC(COC2OC(CO)C(O)C(O)C2O)C(O)C(O)C1O)OC(=O)CCCCC/C=C\C/C=C\C/C=C\CC. The third-order valence-electron chi connectivity index (χ3n) is 9.90. The van der Waals surface area contributed by atoms with Gasteiger partial charge in [-0.1, -0.05) is 105 Å². The Hall–Kier alpha value is -2.83. The van der Waals surface area contributed by atoms with Gasteiger partial charge in [-0.2, -0.15) is 0 Å². The maximum atomic E-state index is 12.9. The highest BCUT2D eigenvalue weighted by Crippen LogP contribution is 2.26. The molecule has 348 valence electrons. The van der Waals surface area contributed by atoms with Gasteiger partial charge in [0.25, 0.3) is 0 Å². The number of rotatable bonds is 32. The molecule has 14 heteroatoms. The summed E-state index contributed by atoms with van der Waals surface area (Å²) in [6, 6.07) is 0. The van der Waals surface area contributed by atoms with Gasteiger partial charge < -0.3 is 64.2 Å². The first kappa shape index (κ1) is 54.3. The third kappa shape index (κ3) is 23.4. The van der Waals surface area contributed by atoms with Crippen LogP contribution in [0.5, 0.6) is 0 Å². The van der Waals surface area contributed by atoms with Crippen molar-refractivity contribution in [3.8, 4) is 0 Å². The molecule has 2 saturated heterocycles. The molecule has 2 aliphatic rings. The number of carbonyl (C=O) groups is 1. The fraction of sp³-hybridized carbons (Fsp3) is 0.681. The number of hydrogen-bond acceptors (Lipinski definition) is 14. The van der Waals surface area contributed by atoms with E-state index >= 15 is 0 Å². The van der Waals surface area contributed by atoms with E-state index in [1.165, 1.54) is 0 Å². The quantitative estimate of drug-likeness (QED) is 0.0271. The minimum absolute atomic E-state index is 0.00567. The monoisotopic (exact) mass is 865 g/mol. The molecule has 0 amide bonds. The molecule has 2 fully saturated rings. The van der Waals surface area contributed by atoms with Crippen molar-refractivity contribution in [2.45, 2.75) is 171 Å². The van der Waals surface area contributed by atoms with E-state index in [1.807, 2.05) is 0 Å². The number of carbonyl (C=O) groups excluding carboxylic acids is 1. The standard InChI is InChI=1S/C47H76O14/c1-3-5-7-9-11-13-15-17-19-21-23-25-27-29-31-56-33-36(59-39(49)30-28-26-24-22-20-18-16-14-12-10-8-6-4-2)34-57-46-45(55)43(53)41(51)38(61-46)35-58-47-44(54)42(52)40(50)37(32-48)60-47/h5-8,11-14,17-20,23,25,36-38,40-48,50-55H,3-4,9-10,15-16,21-22,24,26-35H2,1-2H3/b7-5-,8-6-,13-11-,14-12-,19-17-,20-18-,25-23-. The zero-order valence-electron chi connectivity index (χ0n) is 36.4. The number of hydrogen-bond donors (Lipinski definition) is 7. The third-order valence-corrected chi connectivity index (χ3v) is 9.90. The molecule has 0 bridgehead atoms. The van der Waals surface area contributed by atoms with Crippen LogP contribution in [0, 0.1) is 0 Å². The smallest absolute Gasteiger partial charge is 0.306 e. The molecule has 0 aromatic carbocycles. The number of aliphatic hydroxyl groups excluding tert-OH is 7. The minimum atomic E-state index is -1.72. The molecule has 11 atom stereocenters. The van der Waals surface area contributed by atoms with Crippen LogP contribution in [0.25, 0.3) is 0 Å². The van der Waals surface area contributed by atoms with Crippen molar-refractivity contribution in [2.24, 2.45) is 0 Å². The lowest BCUT2D eigenvalue weighted by Crippen LogP contribution is -2.61. The van der Waals surface area contributed by atoms with Crippen molar-refractivity contribution in [3.63, 3.8) is 0 Å². The Morgan fingerprint density at radius 2 is 1.02 bits per heavy atom. The topological polar surface area (TPSA) is 214 Å². The Balaban J connectivity index is 1.87. The minimum Gasteiger partial charge on any atom is -0.457 e. The van der Waals surface area contributed by atoms with E-state index in [2.05, 4.69) is 98.9 Å². The Labute approximate surface area is 363 Å². The molecule has 0 spiro atoms. The molecule has 0 radical (unpaired) electrons. The number of aliphatic hydroxyl groups is 7. The van der Waals surface area contributed by atoms with E-state index in [1.54, 1.807) is 0 Å². The van der Waals surface area contributed by atoms with E-state index in [0.29, 0.717) is 13.0 Å². The average Bonchev–Trinajstić information content (AvgIpc) is 3.25. The largest absolute Gasteiger partial charge is 0.457 e. The van der Waals surface area contributed by atoms with Crippen LogP contribution in [0.4, 0.5) is 0 Å². The van der Waals surface area contributed by atoms with Gasteiger partial charge in [0.05, 0.1) is 26.4 Å². The molecule has 7 N–H and O–H groups in total. The zero-order valence-corrected chi connectivity index (χ0v) is 36.4. The highest BCUT2D eigenvalue weighted by molar-refractivity contribution is 5.69. The normalized spacial score (nSPS) is 28.3. The predicted molar refractivity (Wildman–Crippen MR) is 233 cm³/mol. The van der Waals surface area contributed by atoms with Crippen LogP contribution < -0.4 is 0 Å². The second-order valence-corrected chi connectivity index (χ2v) is 15.1. The summed E-state index contributed by atoms with van der Waals surface area (Å²) < 4.78 is 34.0. The van der Waals surface area contributed by atoms with Crippen molar-refractivity contribution in [1.82, 2.24) is 0 Å². The lowest BCUT2D eigenvalue weighted by molar-refractivity contribution is -0.332. The Bertz CT molecular complexity index is 1330. The van der Waals surface area contributed by atoms with Gasteiger partial charge in [-0.15, -0.1) is 0 Å². The maximum absolute atomic E-state index is 12.9. The Morgan fingerprint density at radius 1 is 0.541 bits per heavy atom. The fourth-order valence-electron chi connectivity index (χ4n) is 6.30. The summed E-state index contributed by atoms with van der Waals surface area (Å²) in [5.41, 5.74) is 0. The van der Waals surface area contributed by atoms with Crippen molar-refractivity contribution >= 4 is 5.97 Å². The van der Waals surface area contributed by atoms with E-state index < -0.39 is 86.7 Å². The summed E-state index contributed by atoms with van der Waals surface area (Å²) in [7, 11) is 0. The summed E-state index contributed by atoms with van der Waals surface area (Å²) in [4.78, 5) is 12.9. The number of allylic oxidation sites excluding steroid dienone is 14. The Kier molecular flexibility index (Phi) is 30.8. The molecule has 2 rings (SSSR count). The first-order chi connectivity index (χ1) is 29.6. The summed E-state index contributed by atoms with van der Waals surface area (Å²) in [5, 5.41) is 71.9. The van der Waals surface area contributed by atoms with E-state index in [4.69, 9.17) is 28.4 Å². The number of unbranched alkanes of at least 4 members (excludes halogenated alkanes) is 4. The fourth-order valence-corrected chi connectivity index (χ4v) is 6.30. The van der Waals surface area contributed by atoms with Gasteiger partial charge in [-0.25, -0.2) is 0 Å². The van der Waals surface area contributed by atoms with Crippen LogP contribution in [0.2, 0.25) is 0 Å². The van der Waals surface area contributed by atoms with Crippen LogP contribution in [-0.2, 0) is 33.2 Å². The van der Waals surface area contributed by atoms with Crippen molar-refractivity contribution in [3.05, 3.63) is 85.1 Å². The summed E-state index contributed by atoms with van der Waals surface area (Å²) in [5.74, 6) is -0.429. The van der Waals surface area contributed by atoms with Crippen molar-refractivity contribution < 1.29 is 69.0 Å². The second-order valence-electron chi connectivity index (χ2n) is 15.1. The molecule has 0 aliphatic carbocycles. The molecule has 2 heterocycles. The van der Waals surface area contributed by atoms with Crippen molar-refractivity contribution in [1.29, 1.82) is 0 Å². The van der Waals surface area contributed by atoms with Crippen LogP contribution in [0.15, 0.2) is 85.1 Å². The first-order valence-corrected chi connectivity index (χ1v) is 22.2. The Morgan fingerprint density at radius 3 is 1.56 bits per heavy atom. The molecule has 11 unspecified atom stereocenters. The van der Waals surface area contributed by atoms with Crippen LogP contribution in [0.1, 0.15) is 104 Å². The molecule has 0 aromatic rings. The molecular weight excluding hydrogens is 789 g/mol. The maximum Gasteiger partial charge on any atom is 0.306 e.